The molecule has 1 aliphatic heterocycles. The fourth-order valence-corrected chi connectivity index (χ4v) is 4.14. The molecule has 0 radical (unpaired) electrons. The van der Waals surface area contributed by atoms with Crippen LogP contribution < -0.4 is 5.32 Å². The van der Waals surface area contributed by atoms with Gasteiger partial charge in [0.05, 0.1) is 6.54 Å². The third-order valence-corrected chi connectivity index (χ3v) is 5.55. The van der Waals surface area contributed by atoms with E-state index in [1.54, 1.807) is 0 Å². The van der Waals surface area contributed by atoms with Crippen molar-refractivity contribution < 1.29 is 0 Å². The molecule has 2 saturated carbocycles. The minimum absolute atomic E-state index is 0.693. The average molecular weight is 238 g/mol. The van der Waals surface area contributed by atoms with E-state index in [2.05, 4.69) is 17.2 Å². The Bertz CT molecular complexity index is 286. The van der Waals surface area contributed by atoms with E-state index in [-0.39, 0.29) is 0 Å². The molecule has 0 amide bonds. The van der Waals surface area contributed by atoms with Crippen molar-refractivity contribution in [2.24, 2.45) is 16.8 Å². The molecule has 3 rings (SSSR count). The van der Waals surface area contributed by atoms with Crippen LogP contribution in [0.2, 0.25) is 0 Å². The molecule has 3 atom stereocenters. The lowest BCUT2D eigenvalue weighted by atomic mass is 9.86. The number of hydrogen-bond donors (Lipinski definition) is 1. The number of thioether (sulfide) groups is 1. The minimum Gasteiger partial charge on any atom is -0.362 e. The van der Waals surface area contributed by atoms with Gasteiger partial charge in [-0.2, -0.15) is 0 Å². The summed E-state index contributed by atoms with van der Waals surface area (Å²) in [6.07, 6.45) is 8.44. The van der Waals surface area contributed by atoms with E-state index in [1.165, 1.54) is 43.7 Å². The molecule has 0 bridgehead atoms. The molecule has 3 unspecified atom stereocenters. The number of hydrogen-bond acceptors (Lipinski definition) is 3. The highest BCUT2D eigenvalue weighted by atomic mass is 32.2. The van der Waals surface area contributed by atoms with Gasteiger partial charge in [-0.3, -0.25) is 4.99 Å². The van der Waals surface area contributed by atoms with Gasteiger partial charge >= 0.3 is 0 Å². The van der Waals surface area contributed by atoms with Crippen molar-refractivity contribution >= 4 is 16.9 Å². The molecule has 0 aromatic heterocycles. The van der Waals surface area contributed by atoms with Gasteiger partial charge in [0.25, 0.3) is 0 Å². The van der Waals surface area contributed by atoms with Crippen molar-refractivity contribution in [3.05, 3.63) is 0 Å². The van der Waals surface area contributed by atoms with Crippen LogP contribution in [0.1, 0.15) is 45.4 Å². The molecule has 16 heavy (non-hydrogen) atoms. The highest BCUT2D eigenvalue weighted by Gasteiger charge is 2.36. The van der Waals surface area contributed by atoms with Crippen molar-refractivity contribution in [3.8, 4) is 0 Å². The number of rotatable bonds is 2. The summed E-state index contributed by atoms with van der Waals surface area (Å²) in [5.41, 5.74) is 0. The fraction of sp³-hybridized carbons (Fsp3) is 0.923. The second kappa shape index (κ2) is 4.59. The molecule has 0 spiro atoms. The van der Waals surface area contributed by atoms with E-state index in [9.17, 15) is 0 Å². The Morgan fingerprint density at radius 1 is 1.19 bits per heavy atom. The van der Waals surface area contributed by atoms with Gasteiger partial charge in [-0.25, -0.2) is 0 Å². The summed E-state index contributed by atoms with van der Waals surface area (Å²) in [6, 6.07) is 0.693. The first-order valence-corrected chi connectivity index (χ1v) is 7.68. The third-order valence-electron chi connectivity index (χ3n) is 4.25. The molecule has 2 fully saturated rings. The maximum Gasteiger partial charge on any atom is 0.157 e. The van der Waals surface area contributed by atoms with E-state index in [0.29, 0.717) is 6.04 Å². The summed E-state index contributed by atoms with van der Waals surface area (Å²) < 4.78 is 0. The van der Waals surface area contributed by atoms with Gasteiger partial charge in [-0.1, -0.05) is 31.5 Å². The average Bonchev–Trinajstić information content (AvgIpc) is 3.03. The largest absolute Gasteiger partial charge is 0.362 e. The van der Waals surface area contributed by atoms with Gasteiger partial charge in [-0.05, 0) is 37.5 Å². The fourth-order valence-electron chi connectivity index (χ4n) is 2.87. The van der Waals surface area contributed by atoms with Crippen molar-refractivity contribution in [2.75, 3.05) is 6.54 Å². The summed E-state index contributed by atoms with van der Waals surface area (Å²) in [7, 11) is 0. The molecule has 1 heterocycles. The highest BCUT2D eigenvalue weighted by molar-refractivity contribution is 8.14. The Hall–Kier alpha value is -0.180. The Kier molecular flexibility index (Phi) is 3.14. The van der Waals surface area contributed by atoms with Crippen LogP contribution in [-0.2, 0) is 0 Å². The van der Waals surface area contributed by atoms with Crippen LogP contribution in [0.15, 0.2) is 4.99 Å². The van der Waals surface area contributed by atoms with Gasteiger partial charge in [0.1, 0.15) is 0 Å². The molecule has 0 saturated heterocycles. The maximum absolute atomic E-state index is 4.68. The van der Waals surface area contributed by atoms with Crippen LogP contribution in [-0.4, -0.2) is 23.0 Å². The van der Waals surface area contributed by atoms with E-state index in [0.717, 1.165) is 23.6 Å². The Labute approximate surface area is 103 Å². The molecule has 3 aliphatic rings. The second-order valence-electron chi connectivity index (χ2n) is 5.65. The highest BCUT2D eigenvalue weighted by Crippen LogP contribution is 2.41. The Morgan fingerprint density at radius 3 is 2.75 bits per heavy atom. The van der Waals surface area contributed by atoms with E-state index in [1.807, 2.05) is 11.8 Å². The maximum atomic E-state index is 4.68. The van der Waals surface area contributed by atoms with Gasteiger partial charge < -0.3 is 5.32 Å². The Morgan fingerprint density at radius 2 is 2.00 bits per heavy atom. The Balaban J connectivity index is 1.50. The monoisotopic (exact) mass is 238 g/mol. The van der Waals surface area contributed by atoms with Gasteiger partial charge in [0.2, 0.25) is 0 Å². The number of amidine groups is 1. The van der Waals surface area contributed by atoms with Gasteiger partial charge in [0.15, 0.2) is 5.17 Å². The van der Waals surface area contributed by atoms with Crippen LogP contribution in [0, 0.1) is 11.8 Å². The van der Waals surface area contributed by atoms with Crippen LogP contribution >= 0.6 is 11.8 Å². The lowest BCUT2D eigenvalue weighted by Crippen LogP contribution is -2.39. The molecular formula is C13H22N2S. The molecule has 1 N–H and O–H groups in total. The van der Waals surface area contributed by atoms with Crippen LogP contribution in [0.4, 0.5) is 0 Å². The van der Waals surface area contributed by atoms with Gasteiger partial charge in [0, 0.05) is 11.3 Å². The lowest BCUT2D eigenvalue weighted by Gasteiger charge is -2.30. The molecule has 2 nitrogen and oxygen atoms in total. The quantitative estimate of drug-likeness (QED) is 0.799. The van der Waals surface area contributed by atoms with Crippen LogP contribution in [0.3, 0.4) is 0 Å². The molecule has 3 heteroatoms. The van der Waals surface area contributed by atoms with Gasteiger partial charge in [-0.15, -0.1) is 0 Å². The normalized spacial score (nSPS) is 39.6. The van der Waals surface area contributed by atoms with E-state index < -0.39 is 0 Å². The summed E-state index contributed by atoms with van der Waals surface area (Å²) in [5.74, 6) is 1.81. The van der Waals surface area contributed by atoms with E-state index >= 15 is 0 Å². The molecule has 0 aromatic rings. The molecule has 0 aromatic carbocycles. The van der Waals surface area contributed by atoms with Crippen LogP contribution in [0.5, 0.6) is 0 Å². The smallest absolute Gasteiger partial charge is 0.157 e. The third kappa shape index (κ3) is 2.39. The zero-order chi connectivity index (χ0) is 11.0. The van der Waals surface area contributed by atoms with Crippen LogP contribution in [0.25, 0.3) is 0 Å². The summed E-state index contributed by atoms with van der Waals surface area (Å²) >= 11 is 2.02. The van der Waals surface area contributed by atoms with Crippen molar-refractivity contribution in [1.82, 2.24) is 5.32 Å². The lowest BCUT2D eigenvalue weighted by molar-refractivity contribution is 0.310. The standard InChI is InChI=1S/C13H22N2S/c1-9-4-2-3-5-11(9)15-13-14-8-12(16-13)10-6-7-10/h9-12H,2-8H2,1H3,(H,14,15). The number of aliphatic imine (C=N–C) groups is 1. The predicted octanol–water partition coefficient (Wildman–Crippen LogP) is 3.04. The first-order chi connectivity index (χ1) is 7.83. The first kappa shape index (κ1) is 10.9. The van der Waals surface area contributed by atoms with E-state index in [4.69, 9.17) is 0 Å². The van der Waals surface area contributed by atoms with Crippen molar-refractivity contribution in [3.63, 3.8) is 0 Å². The topological polar surface area (TPSA) is 24.4 Å². The second-order valence-corrected chi connectivity index (χ2v) is 6.88. The molecular weight excluding hydrogens is 216 g/mol. The predicted molar refractivity (Wildman–Crippen MR) is 71.0 cm³/mol. The van der Waals surface area contributed by atoms with Crippen molar-refractivity contribution in [2.45, 2.75) is 56.7 Å². The number of nitrogens with one attached hydrogen (secondary N) is 1. The number of nitrogens with zero attached hydrogens (tertiary/aromatic N) is 1. The summed E-state index contributed by atoms with van der Waals surface area (Å²) in [5, 5.41) is 5.75. The summed E-state index contributed by atoms with van der Waals surface area (Å²) in [6.45, 7) is 3.45. The van der Waals surface area contributed by atoms with Crippen molar-refractivity contribution in [1.29, 1.82) is 0 Å². The SMILES string of the molecule is CC1CCCCC1NC1=NCC(C2CC2)S1. The first-order valence-electron chi connectivity index (χ1n) is 6.80. The zero-order valence-electron chi connectivity index (χ0n) is 10.1. The zero-order valence-corrected chi connectivity index (χ0v) is 10.9. The summed E-state index contributed by atoms with van der Waals surface area (Å²) in [4.78, 5) is 4.68. The molecule has 2 aliphatic carbocycles. The molecule has 90 valence electrons. The minimum atomic E-state index is 0.693.